The van der Waals surface area contributed by atoms with E-state index < -0.39 is 5.97 Å². The number of likely N-dealkylation sites (tertiary alicyclic amines) is 1. The number of amides is 1. The summed E-state index contributed by atoms with van der Waals surface area (Å²) in [6, 6.07) is 9.87. The lowest BCUT2D eigenvalue weighted by atomic mass is 9.78. The maximum Gasteiger partial charge on any atom is 0.339 e. The molecule has 2 aliphatic carbocycles. The van der Waals surface area contributed by atoms with E-state index >= 15 is 0 Å². The van der Waals surface area contributed by atoms with Crippen LogP contribution in [-0.2, 0) is 9.53 Å². The summed E-state index contributed by atoms with van der Waals surface area (Å²) < 4.78 is 5.53. The Hall–Kier alpha value is -2.43. The van der Waals surface area contributed by atoms with Gasteiger partial charge in [-0.2, -0.15) is 0 Å². The third-order valence-electron chi connectivity index (χ3n) is 6.84. The average molecular weight is 392 g/mol. The lowest BCUT2D eigenvalue weighted by Crippen LogP contribution is -2.50. The zero-order valence-corrected chi connectivity index (χ0v) is 16.8. The number of carbonyl (C=O) groups is 2. The molecule has 2 heterocycles. The first-order chi connectivity index (χ1) is 14.2. The zero-order valence-electron chi connectivity index (χ0n) is 16.8. The summed E-state index contributed by atoms with van der Waals surface area (Å²) in [4.78, 5) is 32.5. The van der Waals surface area contributed by atoms with Gasteiger partial charge in [0.1, 0.15) is 0 Å². The van der Waals surface area contributed by atoms with Crippen LogP contribution in [0.25, 0.3) is 10.9 Å². The van der Waals surface area contributed by atoms with Crippen LogP contribution >= 0.6 is 0 Å². The SMILES string of the molecule is O=C(OCC(=O)N1CCC[C@H]2CCCC[C@H]21)c1cc(C2CC2)nc2ccccc12. The number of fused-ring (bicyclic) bond motifs is 2. The molecule has 5 heteroatoms. The minimum Gasteiger partial charge on any atom is -0.452 e. The van der Waals surface area contributed by atoms with Crippen LogP contribution < -0.4 is 0 Å². The van der Waals surface area contributed by atoms with Gasteiger partial charge in [-0.15, -0.1) is 0 Å². The highest BCUT2D eigenvalue weighted by Crippen LogP contribution is 2.40. The molecule has 3 aliphatic rings. The fourth-order valence-electron chi connectivity index (χ4n) is 5.18. The van der Waals surface area contributed by atoms with E-state index in [4.69, 9.17) is 9.72 Å². The van der Waals surface area contributed by atoms with E-state index in [0.717, 1.165) is 48.8 Å². The molecule has 1 aliphatic heterocycles. The van der Waals surface area contributed by atoms with Gasteiger partial charge < -0.3 is 9.64 Å². The molecule has 0 N–H and O–H groups in total. The molecule has 0 unspecified atom stereocenters. The average Bonchev–Trinajstić information content (AvgIpc) is 3.61. The smallest absolute Gasteiger partial charge is 0.339 e. The Kier molecular flexibility index (Phi) is 4.98. The molecule has 0 radical (unpaired) electrons. The van der Waals surface area contributed by atoms with Gasteiger partial charge >= 0.3 is 5.97 Å². The molecular formula is C24H28N2O3. The Morgan fingerprint density at radius 2 is 1.83 bits per heavy atom. The van der Waals surface area contributed by atoms with Gasteiger partial charge in [0.25, 0.3) is 5.91 Å². The number of hydrogen-bond donors (Lipinski definition) is 0. The van der Waals surface area contributed by atoms with Crippen molar-refractivity contribution in [2.75, 3.05) is 13.2 Å². The number of ether oxygens (including phenoxy) is 1. The molecule has 2 saturated carbocycles. The molecular weight excluding hydrogens is 364 g/mol. The van der Waals surface area contributed by atoms with Gasteiger partial charge in [0, 0.05) is 29.6 Å². The second-order valence-corrected chi connectivity index (χ2v) is 8.80. The maximum atomic E-state index is 12.9. The highest BCUT2D eigenvalue weighted by molar-refractivity contribution is 6.04. The third-order valence-corrected chi connectivity index (χ3v) is 6.84. The topological polar surface area (TPSA) is 59.5 Å². The Morgan fingerprint density at radius 3 is 2.69 bits per heavy atom. The van der Waals surface area contributed by atoms with Gasteiger partial charge in [0.15, 0.2) is 6.61 Å². The first-order valence-corrected chi connectivity index (χ1v) is 11.1. The quantitative estimate of drug-likeness (QED) is 0.721. The molecule has 152 valence electrons. The number of para-hydroxylation sites is 1. The minimum atomic E-state index is -0.420. The summed E-state index contributed by atoms with van der Waals surface area (Å²) in [6.07, 6.45) is 9.30. The lowest BCUT2D eigenvalue weighted by molar-refractivity contribution is -0.140. The minimum absolute atomic E-state index is 0.0456. The molecule has 5 nitrogen and oxygen atoms in total. The van der Waals surface area contributed by atoms with Crippen molar-refractivity contribution < 1.29 is 14.3 Å². The summed E-state index contributed by atoms with van der Waals surface area (Å²) in [7, 11) is 0. The molecule has 3 fully saturated rings. The maximum absolute atomic E-state index is 12.9. The van der Waals surface area contributed by atoms with E-state index in [-0.39, 0.29) is 12.5 Å². The molecule has 2 atom stereocenters. The fraction of sp³-hybridized carbons (Fsp3) is 0.542. The molecule has 29 heavy (non-hydrogen) atoms. The Morgan fingerprint density at radius 1 is 1.03 bits per heavy atom. The van der Waals surface area contributed by atoms with E-state index in [1.165, 1.54) is 25.7 Å². The normalized spacial score (nSPS) is 24.2. The van der Waals surface area contributed by atoms with Crippen molar-refractivity contribution in [3.05, 3.63) is 41.6 Å². The van der Waals surface area contributed by atoms with Crippen molar-refractivity contribution >= 4 is 22.8 Å². The van der Waals surface area contributed by atoms with Gasteiger partial charge in [0.05, 0.1) is 11.1 Å². The van der Waals surface area contributed by atoms with E-state index in [2.05, 4.69) is 0 Å². The van der Waals surface area contributed by atoms with Gasteiger partial charge in [-0.1, -0.05) is 31.0 Å². The summed E-state index contributed by atoms with van der Waals surface area (Å²) in [5.74, 6) is 0.610. The van der Waals surface area contributed by atoms with E-state index in [1.54, 1.807) is 0 Å². The number of piperidine rings is 1. The first-order valence-electron chi connectivity index (χ1n) is 11.1. The van der Waals surface area contributed by atoms with Crippen molar-refractivity contribution in [1.29, 1.82) is 0 Å². The van der Waals surface area contributed by atoms with Crippen LogP contribution in [-0.4, -0.2) is 41.0 Å². The van der Waals surface area contributed by atoms with Gasteiger partial charge in [0.2, 0.25) is 0 Å². The van der Waals surface area contributed by atoms with Gasteiger partial charge in [-0.25, -0.2) is 4.79 Å². The third kappa shape index (κ3) is 3.75. The van der Waals surface area contributed by atoms with Crippen LogP contribution in [0.5, 0.6) is 0 Å². The van der Waals surface area contributed by atoms with Crippen LogP contribution in [0.2, 0.25) is 0 Å². The number of rotatable bonds is 4. The second kappa shape index (κ2) is 7.77. The number of pyridine rings is 1. The van der Waals surface area contributed by atoms with Crippen LogP contribution in [0, 0.1) is 5.92 Å². The summed E-state index contributed by atoms with van der Waals surface area (Å²) >= 11 is 0. The Labute approximate surface area is 171 Å². The molecule has 1 aromatic carbocycles. The van der Waals surface area contributed by atoms with Crippen LogP contribution in [0.15, 0.2) is 30.3 Å². The fourth-order valence-corrected chi connectivity index (χ4v) is 5.18. The molecule has 0 bridgehead atoms. The number of hydrogen-bond acceptors (Lipinski definition) is 4. The second-order valence-electron chi connectivity index (χ2n) is 8.80. The molecule has 0 spiro atoms. The highest BCUT2D eigenvalue weighted by atomic mass is 16.5. The van der Waals surface area contributed by atoms with Gasteiger partial charge in [-0.05, 0) is 56.6 Å². The molecule has 1 amide bonds. The first kappa shape index (κ1) is 18.6. The zero-order chi connectivity index (χ0) is 19.8. The molecule has 2 aromatic rings. The van der Waals surface area contributed by atoms with Crippen LogP contribution in [0.3, 0.4) is 0 Å². The Balaban J connectivity index is 1.31. The monoisotopic (exact) mass is 392 g/mol. The number of aromatic nitrogens is 1. The predicted octanol–water partition coefficient (Wildman–Crippen LogP) is 4.45. The Bertz CT molecular complexity index is 935. The summed E-state index contributed by atoms with van der Waals surface area (Å²) in [6.45, 7) is 0.624. The van der Waals surface area contributed by atoms with Crippen molar-refractivity contribution in [2.24, 2.45) is 5.92 Å². The van der Waals surface area contributed by atoms with E-state index in [0.29, 0.717) is 23.4 Å². The van der Waals surface area contributed by atoms with Crippen molar-refractivity contribution in [3.8, 4) is 0 Å². The number of esters is 1. The van der Waals surface area contributed by atoms with Crippen molar-refractivity contribution in [2.45, 2.75) is 63.3 Å². The van der Waals surface area contributed by atoms with Crippen molar-refractivity contribution in [3.63, 3.8) is 0 Å². The highest BCUT2D eigenvalue weighted by Gasteiger charge is 2.36. The molecule has 1 aromatic heterocycles. The van der Waals surface area contributed by atoms with Gasteiger partial charge in [-0.3, -0.25) is 9.78 Å². The van der Waals surface area contributed by atoms with E-state index in [9.17, 15) is 9.59 Å². The summed E-state index contributed by atoms with van der Waals surface area (Å²) in [5, 5.41) is 0.791. The number of benzene rings is 1. The molecule has 5 rings (SSSR count). The largest absolute Gasteiger partial charge is 0.452 e. The predicted molar refractivity (Wildman–Crippen MR) is 111 cm³/mol. The molecule has 1 saturated heterocycles. The number of carbonyl (C=O) groups excluding carboxylic acids is 2. The lowest BCUT2D eigenvalue weighted by Gasteiger charge is -2.44. The van der Waals surface area contributed by atoms with Crippen molar-refractivity contribution in [1.82, 2.24) is 9.88 Å². The van der Waals surface area contributed by atoms with Crippen LogP contribution in [0.4, 0.5) is 0 Å². The summed E-state index contributed by atoms with van der Waals surface area (Å²) in [5.41, 5.74) is 2.30. The van der Waals surface area contributed by atoms with E-state index in [1.807, 2.05) is 35.2 Å². The number of nitrogens with zero attached hydrogens (tertiary/aromatic N) is 2. The van der Waals surface area contributed by atoms with Crippen LogP contribution in [0.1, 0.15) is 73.3 Å². The standard InChI is InChI=1S/C24H28N2O3/c27-23(26-13-5-7-17-6-1-4-10-22(17)26)15-29-24(28)19-14-21(16-11-12-16)25-20-9-3-2-8-18(19)20/h2-3,8-9,14,16-17,22H,1,4-7,10-13,15H2/t17-,22-/m1/s1.